The normalized spacial score (nSPS) is 10.4. The molecular weight excluding hydrogens is 364 g/mol. The van der Waals surface area contributed by atoms with Crippen LogP contribution < -0.4 is 15.4 Å². The van der Waals surface area contributed by atoms with E-state index in [4.69, 9.17) is 16.3 Å². The number of anilines is 3. The summed E-state index contributed by atoms with van der Waals surface area (Å²) in [6, 6.07) is 11.1. The number of nitrogens with one attached hydrogen (secondary N) is 2. The smallest absolute Gasteiger partial charge is 0.258 e. The van der Waals surface area contributed by atoms with Gasteiger partial charge in [0.25, 0.3) is 5.91 Å². The highest BCUT2D eigenvalue weighted by molar-refractivity contribution is 6.32. The minimum absolute atomic E-state index is 0.258. The predicted octanol–water partition coefficient (Wildman–Crippen LogP) is 4.75. The van der Waals surface area contributed by atoms with E-state index in [9.17, 15) is 4.79 Å². The van der Waals surface area contributed by atoms with Crippen molar-refractivity contribution in [1.29, 1.82) is 0 Å². The fourth-order valence-electron chi connectivity index (χ4n) is 2.58. The first-order chi connectivity index (χ1) is 13.0. The molecule has 6 nitrogen and oxygen atoms in total. The van der Waals surface area contributed by atoms with Crippen molar-refractivity contribution in [2.45, 2.75) is 13.8 Å². The number of carbonyl (C=O) groups is 1. The highest BCUT2D eigenvalue weighted by Crippen LogP contribution is 2.28. The van der Waals surface area contributed by atoms with Crippen LogP contribution in [0.15, 0.2) is 48.8 Å². The fourth-order valence-corrected chi connectivity index (χ4v) is 2.84. The number of hydrogen-bond acceptors (Lipinski definition) is 5. The molecule has 3 aromatic rings. The average molecular weight is 383 g/mol. The van der Waals surface area contributed by atoms with E-state index in [1.165, 1.54) is 12.4 Å². The van der Waals surface area contributed by atoms with Gasteiger partial charge in [0.1, 0.15) is 5.75 Å². The number of hydrogen-bond donors (Lipinski definition) is 2. The minimum Gasteiger partial charge on any atom is -0.495 e. The molecule has 0 spiro atoms. The van der Waals surface area contributed by atoms with E-state index in [1.807, 2.05) is 32.0 Å². The highest BCUT2D eigenvalue weighted by atomic mass is 35.5. The third-order valence-corrected chi connectivity index (χ3v) is 4.34. The van der Waals surface area contributed by atoms with Gasteiger partial charge in [0.2, 0.25) is 5.95 Å². The number of rotatable bonds is 5. The van der Waals surface area contributed by atoms with Crippen LogP contribution in [0.25, 0.3) is 0 Å². The first kappa shape index (κ1) is 18.7. The van der Waals surface area contributed by atoms with Crippen molar-refractivity contribution >= 4 is 34.8 Å². The quantitative estimate of drug-likeness (QED) is 0.665. The molecule has 0 saturated heterocycles. The van der Waals surface area contributed by atoms with Crippen molar-refractivity contribution in [2.75, 3.05) is 17.7 Å². The van der Waals surface area contributed by atoms with Crippen LogP contribution >= 0.6 is 11.6 Å². The third kappa shape index (κ3) is 4.35. The Kier molecular flexibility index (Phi) is 5.57. The zero-order valence-corrected chi connectivity index (χ0v) is 16.0. The topological polar surface area (TPSA) is 76.1 Å². The molecule has 0 saturated carbocycles. The molecule has 0 aliphatic heterocycles. The molecule has 1 aromatic heterocycles. The molecule has 0 aliphatic carbocycles. The van der Waals surface area contributed by atoms with Gasteiger partial charge in [-0.3, -0.25) is 4.79 Å². The number of aryl methyl sites for hydroxylation is 2. The Morgan fingerprint density at radius 2 is 1.74 bits per heavy atom. The molecule has 0 fully saturated rings. The number of carbonyl (C=O) groups excluding carboxylic acids is 1. The van der Waals surface area contributed by atoms with Gasteiger partial charge >= 0.3 is 0 Å². The van der Waals surface area contributed by atoms with E-state index in [2.05, 4.69) is 20.6 Å². The van der Waals surface area contributed by atoms with Crippen molar-refractivity contribution in [3.8, 4) is 5.75 Å². The lowest BCUT2D eigenvalue weighted by molar-refractivity contribution is 0.102. The van der Waals surface area contributed by atoms with E-state index >= 15 is 0 Å². The molecular formula is C20H19ClN4O2. The molecule has 138 valence electrons. The zero-order valence-electron chi connectivity index (χ0n) is 15.2. The third-order valence-electron chi connectivity index (χ3n) is 4.04. The maximum atomic E-state index is 12.5. The SMILES string of the molecule is COc1ccc(Nc2ncc(C(=O)Nc3c(C)cccc3C)cn2)cc1Cl. The second kappa shape index (κ2) is 8.05. The lowest BCUT2D eigenvalue weighted by Crippen LogP contribution is -2.14. The summed E-state index contributed by atoms with van der Waals surface area (Å²) >= 11 is 6.11. The summed E-state index contributed by atoms with van der Waals surface area (Å²) in [5.41, 5.74) is 3.89. The maximum Gasteiger partial charge on any atom is 0.258 e. The van der Waals surface area contributed by atoms with Crippen LogP contribution in [0.3, 0.4) is 0 Å². The number of methoxy groups -OCH3 is 1. The predicted molar refractivity (Wildman–Crippen MR) is 107 cm³/mol. The Morgan fingerprint density at radius 1 is 1.07 bits per heavy atom. The zero-order chi connectivity index (χ0) is 19.4. The monoisotopic (exact) mass is 382 g/mol. The van der Waals surface area contributed by atoms with Crippen LogP contribution in [-0.4, -0.2) is 23.0 Å². The Labute approximate surface area is 162 Å². The summed E-state index contributed by atoms with van der Waals surface area (Å²) in [6.07, 6.45) is 2.95. The maximum absolute atomic E-state index is 12.5. The molecule has 0 radical (unpaired) electrons. The van der Waals surface area contributed by atoms with Crippen LogP contribution in [0.2, 0.25) is 5.02 Å². The number of amides is 1. The second-order valence-corrected chi connectivity index (χ2v) is 6.40. The summed E-state index contributed by atoms with van der Waals surface area (Å²) < 4.78 is 5.12. The number of benzene rings is 2. The van der Waals surface area contributed by atoms with Gasteiger partial charge in [0.15, 0.2) is 0 Å². The molecule has 2 N–H and O–H groups in total. The van der Waals surface area contributed by atoms with Crippen LogP contribution in [0.5, 0.6) is 5.75 Å². The lowest BCUT2D eigenvalue weighted by Gasteiger charge is -2.11. The van der Waals surface area contributed by atoms with Crippen LogP contribution in [-0.2, 0) is 0 Å². The number of nitrogens with zero attached hydrogens (tertiary/aromatic N) is 2. The van der Waals surface area contributed by atoms with Gasteiger partial charge in [-0.15, -0.1) is 0 Å². The molecule has 27 heavy (non-hydrogen) atoms. The molecule has 2 aromatic carbocycles. The van der Waals surface area contributed by atoms with E-state index in [0.717, 1.165) is 16.8 Å². The van der Waals surface area contributed by atoms with Gasteiger partial charge in [0.05, 0.1) is 17.7 Å². The van der Waals surface area contributed by atoms with E-state index in [1.54, 1.807) is 25.3 Å². The largest absolute Gasteiger partial charge is 0.495 e. The van der Waals surface area contributed by atoms with Gasteiger partial charge in [-0.25, -0.2) is 9.97 Å². The van der Waals surface area contributed by atoms with Gasteiger partial charge in [-0.1, -0.05) is 29.8 Å². The second-order valence-electron chi connectivity index (χ2n) is 5.99. The number of halogens is 1. The fraction of sp³-hybridized carbons (Fsp3) is 0.150. The first-order valence-corrected chi connectivity index (χ1v) is 8.66. The van der Waals surface area contributed by atoms with Crippen molar-refractivity contribution < 1.29 is 9.53 Å². The van der Waals surface area contributed by atoms with Crippen molar-refractivity contribution in [3.63, 3.8) is 0 Å². The van der Waals surface area contributed by atoms with Crippen LogP contribution in [0, 0.1) is 13.8 Å². The van der Waals surface area contributed by atoms with Gasteiger partial charge in [-0.05, 0) is 43.2 Å². The molecule has 0 bridgehead atoms. The highest BCUT2D eigenvalue weighted by Gasteiger charge is 2.11. The standard InChI is InChI=1S/C20H19ClN4O2/c1-12-5-4-6-13(2)18(12)25-19(26)14-10-22-20(23-11-14)24-15-7-8-17(27-3)16(21)9-15/h4-11H,1-3H3,(H,25,26)(H,22,23,24). The van der Waals surface area contributed by atoms with Crippen molar-refractivity contribution in [2.24, 2.45) is 0 Å². The van der Waals surface area contributed by atoms with Gasteiger partial charge in [-0.2, -0.15) is 0 Å². The molecule has 7 heteroatoms. The van der Waals surface area contributed by atoms with Gasteiger partial charge in [0, 0.05) is 23.8 Å². The molecule has 1 heterocycles. The number of aromatic nitrogens is 2. The Hall–Kier alpha value is -3.12. The summed E-state index contributed by atoms with van der Waals surface area (Å²) in [4.78, 5) is 20.9. The molecule has 0 aliphatic rings. The van der Waals surface area contributed by atoms with E-state index in [0.29, 0.717) is 28.0 Å². The minimum atomic E-state index is -0.258. The average Bonchev–Trinajstić information content (AvgIpc) is 2.65. The Balaban J connectivity index is 1.71. The molecule has 0 unspecified atom stereocenters. The molecule has 1 amide bonds. The first-order valence-electron chi connectivity index (χ1n) is 8.28. The Bertz CT molecular complexity index is 954. The van der Waals surface area contributed by atoms with E-state index in [-0.39, 0.29) is 5.91 Å². The summed E-state index contributed by atoms with van der Waals surface area (Å²) in [5.74, 6) is 0.688. The van der Waals surface area contributed by atoms with Gasteiger partial charge < -0.3 is 15.4 Å². The van der Waals surface area contributed by atoms with Crippen molar-refractivity contribution in [1.82, 2.24) is 9.97 Å². The summed E-state index contributed by atoms with van der Waals surface area (Å²) in [5, 5.41) is 6.43. The number of ether oxygens (including phenoxy) is 1. The Morgan fingerprint density at radius 3 is 2.33 bits per heavy atom. The van der Waals surface area contributed by atoms with Crippen LogP contribution in [0.1, 0.15) is 21.5 Å². The lowest BCUT2D eigenvalue weighted by atomic mass is 10.1. The number of para-hydroxylation sites is 1. The van der Waals surface area contributed by atoms with Crippen LogP contribution in [0.4, 0.5) is 17.3 Å². The van der Waals surface area contributed by atoms with E-state index < -0.39 is 0 Å². The molecule has 3 rings (SSSR count). The van der Waals surface area contributed by atoms with Crippen molar-refractivity contribution in [3.05, 3.63) is 70.5 Å². The summed E-state index contributed by atoms with van der Waals surface area (Å²) in [7, 11) is 1.56. The summed E-state index contributed by atoms with van der Waals surface area (Å²) in [6.45, 7) is 3.90. The molecule has 0 atom stereocenters.